The second-order valence-electron chi connectivity index (χ2n) is 3.50. The molecular weight excluding hydrogens is 263 g/mol. The van der Waals surface area contributed by atoms with E-state index in [9.17, 15) is 5.11 Å². The molecule has 1 N–H and O–H groups in total. The van der Waals surface area contributed by atoms with Crippen molar-refractivity contribution in [1.82, 2.24) is 0 Å². The second kappa shape index (κ2) is 5.15. The minimum atomic E-state index is -0.451. The zero-order valence-corrected chi connectivity index (χ0v) is 10.6. The molecule has 0 saturated heterocycles. The van der Waals surface area contributed by atoms with Crippen LogP contribution >= 0.6 is 27.5 Å². The monoisotopic (exact) mass is 276 g/mol. The highest BCUT2D eigenvalue weighted by atomic mass is 79.9. The van der Waals surface area contributed by atoms with Gasteiger partial charge in [0.1, 0.15) is 0 Å². The number of benzene rings is 1. The Hall–Kier alpha value is -0.0500. The smallest absolute Gasteiger partial charge is 0.0826 e. The molecular formula is C11H14BrClO. The van der Waals surface area contributed by atoms with E-state index in [4.69, 9.17) is 11.6 Å². The molecule has 2 atom stereocenters. The van der Waals surface area contributed by atoms with Crippen LogP contribution in [-0.4, -0.2) is 5.11 Å². The van der Waals surface area contributed by atoms with E-state index in [2.05, 4.69) is 22.9 Å². The average Bonchev–Trinajstić information content (AvgIpc) is 2.19. The third-order valence-corrected chi connectivity index (χ3v) is 3.42. The van der Waals surface area contributed by atoms with Crippen molar-refractivity contribution in [2.45, 2.75) is 26.4 Å². The van der Waals surface area contributed by atoms with Crippen LogP contribution in [0, 0.1) is 5.92 Å². The SMILES string of the molecule is CCC(C)C(O)c1cc(Cl)ccc1Br. The summed E-state index contributed by atoms with van der Waals surface area (Å²) in [7, 11) is 0. The predicted molar refractivity (Wildman–Crippen MR) is 63.6 cm³/mol. The first-order valence-electron chi connectivity index (χ1n) is 4.69. The van der Waals surface area contributed by atoms with Gasteiger partial charge in [0.25, 0.3) is 0 Å². The number of hydrogen-bond donors (Lipinski definition) is 1. The lowest BCUT2D eigenvalue weighted by atomic mass is 9.95. The summed E-state index contributed by atoms with van der Waals surface area (Å²) in [5.41, 5.74) is 0.867. The van der Waals surface area contributed by atoms with Crippen molar-refractivity contribution in [2.75, 3.05) is 0 Å². The van der Waals surface area contributed by atoms with Crippen molar-refractivity contribution in [3.8, 4) is 0 Å². The molecule has 3 heteroatoms. The molecule has 0 aliphatic rings. The van der Waals surface area contributed by atoms with E-state index in [0.29, 0.717) is 5.02 Å². The number of rotatable bonds is 3. The Morgan fingerprint density at radius 1 is 1.50 bits per heavy atom. The maximum Gasteiger partial charge on any atom is 0.0826 e. The Morgan fingerprint density at radius 2 is 2.14 bits per heavy atom. The summed E-state index contributed by atoms with van der Waals surface area (Å²) < 4.78 is 0.912. The Balaban J connectivity index is 2.99. The van der Waals surface area contributed by atoms with Crippen LogP contribution in [0.4, 0.5) is 0 Å². The second-order valence-corrected chi connectivity index (χ2v) is 4.79. The standard InChI is InChI=1S/C11H14BrClO/c1-3-7(2)11(14)9-6-8(13)4-5-10(9)12/h4-7,11,14H,3H2,1-2H3. The van der Waals surface area contributed by atoms with Gasteiger partial charge in [0.15, 0.2) is 0 Å². The first-order valence-corrected chi connectivity index (χ1v) is 5.86. The van der Waals surface area contributed by atoms with E-state index < -0.39 is 6.10 Å². The zero-order valence-electron chi connectivity index (χ0n) is 8.30. The number of aliphatic hydroxyl groups excluding tert-OH is 1. The van der Waals surface area contributed by atoms with Gasteiger partial charge in [0.05, 0.1) is 6.10 Å². The van der Waals surface area contributed by atoms with E-state index in [0.717, 1.165) is 16.5 Å². The van der Waals surface area contributed by atoms with Crippen LogP contribution < -0.4 is 0 Å². The molecule has 0 amide bonds. The molecule has 0 aliphatic carbocycles. The van der Waals surface area contributed by atoms with Crippen LogP contribution in [0.2, 0.25) is 5.02 Å². The highest BCUT2D eigenvalue weighted by Crippen LogP contribution is 2.31. The minimum Gasteiger partial charge on any atom is -0.388 e. The normalized spacial score (nSPS) is 15.2. The quantitative estimate of drug-likeness (QED) is 0.878. The number of aliphatic hydroxyl groups is 1. The van der Waals surface area contributed by atoms with Crippen molar-refractivity contribution in [1.29, 1.82) is 0 Å². The fourth-order valence-corrected chi connectivity index (χ4v) is 1.93. The third kappa shape index (κ3) is 2.72. The van der Waals surface area contributed by atoms with E-state index in [1.54, 1.807) is 6.07 Å². The van der Waals surface area contributed by atoms with Crippen molar-refractivity contribution in [3.05, 3.63) is 33.3 Å². The Kier molecular flexibility index (Phi) is 4.42. The molecule has 1 aromatic rings. The molecule has 1 aromatic carbocycles. The molecule has 0 radical (unpaired) electrons. The topological polar surface area (TPSA) is 20.2 Å². The first kappa shape index (κ1) is 12.0. The Labute approximate surface area is 98.2 Å². The summed E-state index contributed by atoms with van der Waals surface area (Å²) >= 11 is 9.29. The number of hydrogen-bond acceptors (Lipinski definition) is 1. The van der Waals surface area contributed by atoms with Gasteiger partial charge in [-0.2, -0.15) is 0 Å². The summed E-state index contributed by atoms with van der Waals surface area (Å²) in [5, 5.41) is 10.7. The van der Waals surface area contributed by atoms with Crippen molar-refractivity contribution < 1.29 is 5.11 Å². The van der Waals surface area contributed by atoms with Gasteiger partial charge < -0.3 is 5.11 Å². The Morgan fingerprint density at radius 3 is 2.71 bits per heavy atom. The van der Waals surface area contributed by atoms with E-state index in [-0.39, 0.29) is 5.92 Å². The van der Waals surface area contributed by atoms with Crippen molar-refractivity contribution in [3.63, 3.8) is 0 Å². The van der Waals surface area contributed by atoms with Gasteiger partial charge in [0.2, 0.25) is 0 Å². The summed E-state index contributed by atoms with van der Waals surface area (Å²) in [4.78, 5) is 0. The molecule has 0 aromatic heterocycles. The van der Waals surface area contributed by atoms with E-state index in [1.165, 1.54) is 0 Å². The van der Waals surface area contributed by atoms with Gasteiger partial charge >= 0.3 is 0 Å². The largest absolute Gasteiger partial charge is 0.388 e. The van der Waals surface area contributed by atoms with Crippen LogP contribution in [0.25, 0.3) is 0 Å². The van der Waals surface area contributed by atoms with E-state index in [1.807, 2.05) is 19.1 Å². The molecule has 0 spiro atoms. The Bertz CT molecular complexity index is 314. The van der Waals surface area contributed by atoms with Gasteiger partial charge in [-0.15, -0.1) is 0 Å². The molecule has 0 heterocycles. The lowest BCUT2D eigenvalue weighted by Gasteiger charge is -2.18. The first-order chi connectivity index (χ1) is 6.56. The van der Waals surface area contributed by atoms with Gasteiger partial charge in [-0.3, -0.25) is 0 Å². The molecule has 1 nitrogen and oxygen atoms in total. The molecule has 1 rings (SSSR count). The van der Waals surface area contributed by atoms with Crippen LogP contribution in [-0.2, 0) is 0 Å². The molecule has 0 aliphatic heterocycles. The number of halogens is 2. The fourth-order valence-electron chi connectivity index (χ4n) is 1.27. The maximum absolute atomic E-state index is 10.0. The van der Waals surface area contributed by atoms with Crippen molar-refractivity contribution >= 4 is 27.5 Å². The predicted octanol–water partition coefficient (Wildman–Crippen LogP) is 4.18. The maximum atomic E-state index is 10.0. The van der Waals surface area contributed by atoms with Gasteiger partial charge in [-0.1, -0.05) is 47.8 Å². The van der Waals surface area contributed by atoms with Crippen LogP contribution in [0.5, 0.6) is 0 Å². The molecule has 0 saturated carbocycles. The molecule has 0 bridgehead atoms. The van der Waals surface area contributed by atoms with Crippen LogP contribution in [0.15, 0.2) is 22.7 Å². The van der Waals surface area contributed by atoms with Crippen molar-refractivity contribution in [2.24, 2.45) is 5.92 Å². The highest BCUT2D eigenvalue weighted by molar-refractivity contribution is 9.10. The molecule has 2 unspecified atom stereocenters. The van der Waals surface area contributed by atoms with Crippen LogP contribution in [0.3, 0.4) is 0 Å². The van der Waals surface area contributed by atoms with E-state index >= 15 is 0 Å². The van der Waals surface area contributed by atoms with Crippen LogP contribution in [0.1, 0.15) is 31.9 Å². The van der Waals surface area contributed by atoms with Gasteiger partial charge in [-0.05, 0) is 29.7 Å². The fraction of sp³-hybridized carbons (Fsp3) is 0.455. The summed E-state index contributed by atoms with van der Waals surface area (Å²) in [6.45, 7) is 4.09. The average molecular weight is 278 g/mol. The van der Waals surface area contributed by atoms with Gasteiger partial charge in [0, 0.05) is 9.50 Å². The highest BCUT2D eigenvalue weighted by Gasteiger charge is 2.17. The van der Waals surface area contributed by atoms with Gasteiger partial charge in [-0.25, -0.2) is 0 Å². The minimum absolute atomic E-state index is 0.241. The molecule has 14 heavy (non-hydrogen) atoms. The third-order valence-electron chi connectivity index (χ3n) is 2.46. The lowest BCUT2D eigenvalue weighted by Crippen LogP contribution is -2.08. The summed E-state index contributed by atoms with van der Waals surface area (Å²) in [6.07, 6.45) is 0.494. The summed E-state index contributed by atoms with van der Waals surface area (Å²) in [5.74, 6) is 0.241. The molecule has 78 valence electrons. The summed E-state index contributed by atoms with van der Waals surface area (Å²) in [6, 6.07) is 5.48. The zero-order chi connectivity index (χ0) is 10.7. The molecule has 0 fully saturated rings. The lowest BCUT2D eigenvalue weighted by molar-refractivity contribution is 0.115.